The van der Waals surface area contributed by atoms with Crippen molar-refractivity contribution in [3.05, 3.63) is 42.2 Å². The van der Waals surface area contributed by atoms with E-state index < -0.39 is 0 Å². The van der Waals surface area contributed by atoms with E-state index in [0.717, 1.165) is 11.4 Å². The van der Waals surface area contributed by atoms with Gasteiger partial charge in [-0.3, -0.25) is 4.99 Å². The molecule has 0 saturated carbocycles. The molecule has 2 N–H and O–H groups in total. The van der Waals surface area contributed by atoms with Crippen LogP contribution in [-0.4, -0.2) is 12.9 Å². The third kappa shape index (κ3) is 2.26. The van der Waals surface area contributed by atoms with Crippen molar-refractivity contribution in [3.63, 3.8) is 0 Å². The monoisotopic (exact) mass is 189 g/mol. The van der Waals surface area contributed by atoms with Crippen LogP contribution in [0.25, 0.3) is 0 Å². The zero-order chi connectivity index (χ0) is 9.64. The molecule has 1 heterocycles. The maximum absolute atomic E-state index is 5.31. The van der Waals surface area contributed by atoms with Crippen LogP contribution in [0.1, 0.15) is 0 Å². The molecule has 14 heavy (non-hydrogen) atoms. The van der Waals surface area contributed by atoms with Crippen molar-refractivity contribution in [1.29, 1.82) is 0 Å². The normalized spacial score (nSPS) is 14.1. The van der Waals surface area contributed by atoms with E-state index in [1.165, 1.54) is 0 Å². The van der Waals surface area contributed by atoms with Gasteiger partial charge in [-0.25, -0.2) is 5.48 Å². The molecule has 4 nitrogen and oxygen atoms in total. The second kappa shape index (κ2) is 4.32. The van der Waals surface area contributed by atoms with Gasteiger partial charge in [0.25, 0.3) is 0 Å². The van der Waals surface area contributed by atoms with Gasteiger partial charge in [-0.1, -0.05) is 18.2 Å². The Morgan fingerprint density at radius 3 is 2.86 bits per heavy atom. The highest BCUT2D eigenvalue weighted by molar-refractivity contribution is 5.57. The van der Waals surface area contributed by atoms with E-state index in [2.05, 4.69) is 15.8 Å². The number of hydrogen-bond acceptors (Lipinski definition) is 4. The molecule has 0 radical (unpaired) electrons. The lowest BCUT2D eigenvalue weighted by molar-refractivity contribution is 0.227. The van der Waals surface area contributed by atoms with Crippen LogP contribution in [-0.2, 0) is 0 Å². The second-order valence-electron chi connectivity index (χ2n) is 2.82. The van der Waals surface area contributed by atoms with E-state index in [9.17, 15) is 0 Å². The van der Waals surface area contributed by atoms with E-state index in [1.807, 2.05) is 36.5 Å². The van der Waals surface area contributed by atoms with Crippen LogP contribution < -0.4 is 15.6 Å². The molecule has 72 valence electrons. The number of hydroxylamine groups is 1. The molecule has 0 amide bonds. The summed E-state index contributed by atoms with van der Waals surface area (Å²) in [5.41, 5.74) is 3.72. The minimum absolute atomic E-state index is 0.611. The zero-order valence-corrected chi connectivity index (χ0v) is 7.60. The van der Waals surface area contributed by atoms with Crippen molar-refractivity contribution in [3.8, 4) is 5.75 Å². The minimum Gasteiger partial charge on any atom is -0.382 e. The zero-order valence-electron chi connectivity index (χ0n) is 7.60. The van der Waals surface area contributed by atoms with E-state index in [0.29, 0.717) is 6.54 Å². The van der Waals surface area contributed by atoms with Crippen molar-refractivity contribution < 1.29 is 4.84 Å². The fourth-order valence-electron chi connectivity index (χ4n) is 1.05. The summed E-state index contributed by atoms with van der Waals surface area (Å²) in [6.45, 7) is 0.611. The number of benzene rings is 1. The Kier molecular flexibility index (Phi) is 2.66. The lowest BCUT2D eigenvalue weighted by Gasteiger charge is -2.12. The molecule has 2 rings (SSSR count). The van der Waals surface area contributed by atoms with Gasteiger partial charge in [-0.2, -0.15) is 0 Å². The van der Waals surface area contributed by atoms with Crippen molar-refractivity contribution in [1.82, 2.24) is 10.8 Å². The molecule has 0 bridgehead atoms. The first-order chi connectivity index (χ1) is 6.95. The molecule has 0 unspecified atom stereocenters. The fourth-order valence-corrected chi connectivity index (χ4v) is 1.05. The van der Waals surface area contributed by atoms with Crippen LogP contribution in [0.3, 0.4) is 0 Å². The van der Waals surface area contributed by atoms with Crippen LogP contribution in [0.4, 0.5) is 0 Å². The number of nitrogens with zero attached hydrogens (tertiary/aromatic N) is 1. The molecule has 1 aliphatic rings. The Balaban J connectivity index is 1.86. The average Bonchev–Trinajstić information content (AvgIpc) is 2.29. The summed E-state index contributed by atoms with van der Waals surface area (Å²) >= 11 is 0. The number of para-hydroxylation sites is 1. The predicted molar refractivity (Wildman–Crippen MR) is 54.8 cm³/mol. The molecule has 1 aliphatic heterocycles. The highest BCUT2D eigenvalue weighted by Gasteiger charge is 1.98. The molecule has 0 fully saturated rings. The van der Waals surface area contributed by atoms with Gasteiger partial charge in [0.1, 0.15) is 0 Å². The molecule has 4 heteroatoms. The number of rotatable bonds is 3. The molecule has 0 atom stereocenters. The Labute approximate surface area is 82.3 Å². The van der Waals surface area contributed by atoms with E-state index >= 15 is 0 Å². The third-order valence-electron chi connectivity index (χ3n) is 1.73. The van der Waals surface area contributed by atoms with Crippen LogP contribution in [0.2, 0.25) is 0 Å². The third-order valence-corrected chi connectivity index (χ3v) is 1.73. The van der Waals surface area contributed by atoms with Crippen molar-refractivity contribution in [2.75, 3.05) is 6.54 Å². The molecule has 1 aromatic carbocycles. The second-order valence-corrected chi connectivity index (χ2v) is 2.82. The maximum Gasteiger partial charge on any atom is 0.155 e. The quantitative estimate of drug-likeness (QED) is 0.698. The van der Waals surface area contributed by atoms with Gasteiger partial charge in [0.15, 0.2) is 5.75 Å². The average molecular weight is 189 g/mol. The largest absolute Gasteiger partial charge is 0.382 e. The van der Waals surface area contributed by atoms with E-state index in [-0.39, 0.29) is 0 Å². The molecule has 1 aromatic rings. The number of nitrogens with one attached hydrogen (secondary N) is 2. The Bertz CT molecular complexity index is 346. The highest BCUT2D eigenvalue weighted by Crippen LogP contribution is 2.07. The summed E-state index contributed by atoms with van der Waals surface area (Å²) in [4.78, 5) is 9.34. The summed E-state index contributed by atoms with van der Waals surface area (Å²) < 4.78 is 0. The Morgan fingerprint density at radius 2 is 2.14 bits per heavy atom. The summed E-state index contributed by atoms with van der Waals surface area (Å²) in [6, 6.07) is 9.55. The topological polar surface area (TPSA) is 45.7 Å². The van der Waals surface area contributed by atoms with Crippen LogP contribution in [0.5, 0.6) is 5.75 Å². The van der Waals surface area contributed by atoms with Gasteiger partial charge in [0.2, 0.25) is 0 Å². The van der Waals surface area contributed by atoms with Gasteiger partial charge in [-0.15, -0.1) is 0 Å². The van der Waals surface area contributed by atoms with Gasteiger partial charge >= 0.3 is 0 Å². The van der Waals surface area contributed by atoms with Crippen LogP contribution in [0, 0.1) is 0 Å². The van der Waals surface area contributed by atoms with Crippen LogP contribution >= 0.6 is 0 Å². The first-order valence-electron chi connectivity index (χ1n) is 4.36. The SMILES string of the molecule is C1=NCC(NOc2ccccc2)=CN1. The molecular weight excluding hydrogens is 178 g/mol. The fraction of sp³-hybridized carbons (Fsp3) is 0.100. The van der Waals surface area contributed by atoms with Gasteiger partial charge in [-0.05, 0) is 12.1 Å². The van der Waals surface area contributed by atoms with Gasteiger partial charge in [0, 0.05) is 6.20 Å². The number of aliphatic imine (C=N–C) groups is 1. The Morgan fingerprint density at radius 1 is 1.29 bits per heavy atom. The first-order valence-corrected chi connectivity index (χ1v) is 4.36. The summed E-state index contributed by atoms with van der Waals surface area (Å²) in [5.74, 6) is 0.781. The smallest absolute Gasteiger partial charge is 0.155 e. The Hall–Kier alpha value is -1.97. The standard InChI is InChI=1S/C10H11N3O/c1-2-4-10(5-3-1)14-13-9-6-11-8-12-7-9/h1-6,8,13H,7H2,(H,11,12). The molecule has 0 aliphatic carbocycles. The summed E-state index contributed by atoms with van der Waals surface area (Å²) in [7, 11) is 0. The lowest BCUT2D eigenvalue weighted by atomic mass is 10.3. The number of hydrogen-bond donors (Lipinski definition) is 2. The van der Waals surface area contributed by atoms with Gasteiger partial charge < -0.3 is 10.2 Å². The minimum atomic E-state index is 0.611. The van der Waals surface area contributed by atoms with Crippen molar-refractivity contribution >= 4 is 6.34 Å². The predicted octanol–water partition coefficient (Wildman–Crippen LogP) is 1.04. The summed E-state index contributed by atoms with van der Waals surface area (Å²) in [6.07, 6.45) is 3.46. The molecule has 0 saturated heterocycles. The highest BCUT2D eigenvalue weighted by atomic mass is 16.6. The first kappa shape index (κ1) is 8.62. The van der Waals surface area contributed by atoms with Crippen molar-refractivity contribution in [2.24, 2.45) is 4.99 Å². The van der Waals surface area contributed by atoms with Crippen LogP contribution in [0.15, 0.2) is 47.2 Å². The van der Waals surface area contributed by atoms with E-state index in [4.69, 9.17) is 4.84 Å². The van der Waals surface area contributed by atoms with Gasteiger partial charge in [0.05, 0.1) is 18.6 Å². The van der Waals surface area contributed by atoms with Crippen molar-refractivity contribution in [2.45, 2.75) is 0 Å². The van der Waals surface area contributed by atoms with E-state index in [1.54, 1.807) is 6.34 Å². The molecule has 0 spiro atoms. The summed E-state index contributed by atoms with van der Waals surface area (Å²) in [5, 5.41) is 2.87. The lowest BCUT2D eigenvalue weighted by Crippen LogP contribution is -2.24. The maximum atomic E-state index is 5.31. The molecule has 0 aromatic heterocycles. The molecular formula is C10H11N3O.